The molecule has 1 aliphatic heterocycles. The summed E-state index contributed by atoms with van der Waals surface area (Å²) in [5, 5.41) is 0. The molecule has 3 unspecified atom stereocenters. The molecule has 1 aliphatic rings. The molecule has 0 aromatic rings. The minimum atomic E-state index is -4.66. The molecular weight excluding hydrogens is 766 g/mol. The highest BCUT2D eigenvalue weighted by molar-refractivity contribution is 7.45. The van der Waals surface area contributed by atoms with E-state index in [9.17, 15) is 19.0 Å². The second-order valence-electron chi connectivity index (χ2n) is 16.1. The highest BCUT2D eigenvalue weighted by Crippen LogP contribution is 2.38. The molecule has 11 heteroatoms. The second-order valence-corrected chi connectivity index (χ2v) is 17.5. The van der Waals surface area contributed by atoms with Gasteiger partial charge in [0.15, 0.2) is 6.10 Å². The van der Waals surface area contributed by atoms with Crippen LogP contribution >= 0.6 is 7.82 Å². The summed E-state index contributed by atoms with van der Waals surface area (Å²) in [6.45, 7) is 4.00. The van der Waals surface area contributed by atoms with Crippen molar-refractivity contribution in [2.45, 2.75) is 161 Å². The van der Waals surface area contributed by atoms with Crippen molar-refractivity contribution in [1.82, 2.24) is 0 Å². The predicted octanol–water partition coefficient (Wildman–Crippen LogP) is 11.2. The van der Waals surface area contributed by atoms with E-state index in [0.717, 1.165) is 51.4 Å². The second kappa shape index (κ2) is 35.9. The van der Waals surface area contributed by atoms with Crippen LogP contribution in [0.3, 0.4) is 0 Å². The first-order valence-electron chi connectivity index (χ1n) is 22.4. The maximum Gasteiger partial charge on any atom is 0.306 e. The number of esters is 2. The Labute approximate surface area is 358 Å². The molecule has 0 aromatic heterocycles. The Morgan fingerprint density at radius 1 is 0.610 bits per heavy atom. The van der Waals surface area contributed by atoms with Crippen LogP contribution in [-0.4, -0.2) is 82.2 Å². The molecule has 0 amide bonds. The van der Waals surface area contributed by atoms with Gasteiger partial charge in [0.05, 0.1) is 40.0 Å². The fourth-order valence-electron chi connectivity index (χ4n) is 5.62. The normalized spacial score (nSPS) is 17.8. The molecule has 0 radical (unpaired) electrons. The SMILES string of the molecule is CCCCC/C=C\C/C=C\C/C=C\C/C=C\CCCC(=O)O[C@H](COC(=O)CCC/C=C\CC1OC1C/C=C\C/C=C\CCCCC)COP(=O)([O-])OCC[N+](C)(C)C. The number of hydrogen-bond donors (Lipinski definition) is 0. The Morgan fingerprint density at radius 3 is 1.56 bits per heavy atom. The average Bonchev–Trinajstić information content (AvgIpc) is 3.94. The summed E-state index contributed by atoms with van der Waals surface area (Å²) in [7, 11) is 1.08. The zero-order chi connectivity index (χ0) is 43.3. The van der Waals surface area contributed by atoms with Crippen molar-refractivity contribution in [3.05, 3.63) is 85.1 Å². The van der Waals surface area contributed by atoms with E-state index in [1.165, 1.54) is 38.5 Å². The number of carbonyl (C=O) groups excluding carboxylic acids is 2. The minimum absolute atomic E-state index is 0.0569. The van der Waals surface area contributed by atoms with E-state index in [-0.39, 0.29) is 38.3 Å². The molecule has 0 bridgehead atoms. The number of phosphoric acid groups is 1. The molecule has 59 heavy (non-hydrogen) atoms. The van der Waals surface area contributed by atoms with Gasteiger partial charge in [-0.2, -0.15) is 0 Å². The molecule has 0 saturated carbocycles. The number of quaternary nitrogens is 1. The summed E-state index contributed by atoms with van der Waals surface area (Å²) >= 11 is 0. The fourth-order valence-corrected chi connectivity index (χ4v) is 6.35. The van der Waals surface area contributed by atoms with Crippen molar-refractivity contribution < 1.29 is 46.8 Å². The lowest BCUT2D eigenvalue weighted by atomic mass is 10.1. The van der Waals surface area contributed by atoms with Crippen molar-refractivity contribution in [3.63, 3.8) is 0 Å². The highest BCUT2D eigenvalue weighted by Gasteiger charge is 2.36. The number of carbonyl (C=O) groups is 2. The van der Waals surface area contributed by atoms with Crippen LogP contribution in [0.25, 0.3) is 0 Å². The molecule has 1 fully saturated rings. The Bertz CT molecular complexity index is 1340. The van der Waals surface area contributed by atoms with Gasteiger partial charge in [0.1, 0.15) is 19.8 Å². The number of rotatable bonds is 38. The maximum atomic E-state index is 12.7. The van der Waals surface area contributed by atoms with E-state index >= 15 is 0 Å². The third kappa shape index (κ3) is 36.7. The van der Waals surface area contributed by atoms with Gasteiger partial charge in [0.2, 0.25) is 0 Å². The zero-order valence-electron chi connectivity index (χ0n) is 37.4. The molecule has 4 atom stereocenters. The van der Waals surface area contributed by atoms with Crippen LogP contribution in [-0.2, 0) is 37.4 Å². The number of allylic oxidation sites excluding steroid dienone is 12. The van der Waals surface area contributed by atoms with E-state index in [2.05, 4.69) is 92.8 Å². The van der Waals surface area contributed by atoms with Gasteiger partial charge in [0.25, 0.3) is 7.82 Å². The van der Waals surface area contributed by atoms with Crippen LogP contribution in [0, 0.1) is 0 Å². The van der Waals surface area contributed by atoms with Gasteiger partial charge in [-0.05, 0) is 89.9 Å². The Balaban J connectivity index is 2.38. The lowest BCUT2D eigenvalue weighted by Gasteiger charge is -2.28. The van der Waals surface area contributed by atoms with E-state index in [0.29, 0.717) is 36.7 Å². The van der Waals surface area contributed by atoms with E-state index in [1.807, 2.05) is 27.2 Å². The van der Waals surface area contributed by atoms with E-state index in [1.54, 1.807) is 0 Å². The average molecular weight is 846 g/mol. The number of unbranched alkanes of at least 4 members (excludes halogenated alkanes) is 8. The first-order valence-corrected chi connectivity index (χ1v) is 23.9. The van der Waals surface area contributed by atoms with Gasteiger partial charge >= 0.3 is 11.9 Å². The quantitative estimate of drug-likeness (QED) is 0.0149. The third-order valence-corrected chi connectivity index (χ3v) is 10.3. The van der Waals surface area contributed by atoms with Crippen LogP contribution in [0.15, 0.2) is 85.1 Å². The number of hydrogen-bond acceptors (Lipinski definition) is 9. The zero-order valence-corrected chi connectivity index (χ0v) is 38.2. The minimum Gasteiger partial charge on any atom is -0.756 e. The molecule has 0 aromatic carbocycles. The molecule has 0 aliphatic carbocycles. The molecule has 1 heterocycles. The molecule has 336 valence electrons. The number of ether oxygens (including phenoxy) is 3. The van der Waals surface area contributed by atoms with Crippen LogP contribution in [0.1, 0.15) is 142 Å². The van der Waals surface area contributed by atoms with Crippen molar-refractivity contribution in [2.24, 2.45) is 0 Å². The fraction of sp³-hybridized carbons (Fsp3) is 0.667. The van der Waals surface area contributed by atoms with Gasteiger partial charge in [-0.25, -0.2) is 0 Å². The van der Waals surface area contributed by atoms with Gasteiger partial charge < -0.3 is 32.6 Å². The summed E-state index contributed by atoms with van der Waals surface area (Å²) in [6, 6.07) is 0. The lowest BCUT2D eigenvalue weighted by Crippen LogP contribution is -2.37. The van der Waals surface area contributed by atoms with Crippen molar-refractivity contribution in [2.75, 3.05) is 47.5 Å². The molecular formula is C48H80NO9P. The largest absolute Gasteiger partial charge is 0.756 e. The van der Waals surface area contributed by atoms with E-state index < -0.39 is 32.5 Å². The molecule has 1 saturated heterocycles. The lowest BCUT2D eigenvalue weighted by molar-refractivity contribution is -0.870. The van der Waals surface area contributed by atoms with Gasteiger partial charge in [0, 0.05) is 12.8 Å². The third-order valence-electron chi connectivity index (χ3n) is 9.29. The topological polar surface area (TPSA) is 124 Å². The van der Waals surface area contributed by atoms with Crippen molar-refractivity contribution >= 4 is 19.8 Å². The first-order chi connectivity index (χ1) is 28.5. The van der Waals surface area contributed by atoms with Gasteiger partial charge in [-0.1, -0.05) is 125 Å². The molecule has 1 rings (SSSR count). The molecule has 0 N–H and O–H groups in total. The molecule has 0 spiro atoms. The number of likely N-dealkylation sites (N-methyl/N-ethyl adjacent to an activating group) is 1. The summed E-state index contributed by atoms with van der Waals surface area (Å²) < 4.78 is 39.6. The Hall–Kier alpha value is -2.85. The molecule has 10 nitrogen and oxygen atoms in total. The first kappa shape index (κ1) is 54.2. The smallest absolute Gasteiger partial charge is 0.306 e. The Kier molecular flexibility index (Phi) is 32.9. The Morgan fingerprint density at radius 2 is 1.05 bits per heavy atom. The standard InChI is InChI=1S/C48H80NO9P/c1-6-8-10-12-14-16-17-18-19-20-21-22-23-25-27-29-35-39-48(51)57-44(43-56-59(52,53)55-41-40-49(3,4)5)42-54-47(50)38-34-31-30-33-37-46-45(58-46)36-32-28-26-24-15-13-11-9-7-2/h14-16,18-19,21-22,24-25,27-28,30,32-33,44-46H,6-13,17,20,23,26,29,31,34-43H2,1-5H3/b16-14-,19-18-,22-21-,24-15-,27-25-,32-28-,33-30-/t44-,45?,46?/m1/s1. The summed E-state index contributed by atoms with van der Waals surface area (Å²) in [4.78, 5) is 37.6. The summed E-state index contributed by atoms with van der Waals surface area (Å²) in [6.07, 6.45) is 47.9. The van der Waals surface area contributed by atoms with E-state index in [4.69, 9.17) is 23.3 Å². The maximum absolute atomic E-state index is 12.7. The predicted molar refractivity (Wildman–Crippen MR) is 240 cm³/mol. The van der Waals surface area contributed by atoms with Crippen molar-refractivity contribution in [1.29, 1.82) is 0 Å². The monoisotopic (exact) mass is 846 g/mol. The van der Waals surface area contributed by atoms with Crippen LogP contribution < -0.4 is 4.89 Å². The highest BCUT2D eigenvalue weighted by atomic mass is 31.2. The summed E-state index contributed by atoms with van der Waals surface area (Å²) in [5.74, 6) is -0.983. The number of nitrogens with zero attached hydrogens (tertiary/aromatic N) is 1. The van der Waals surface area contributed by atoms with Gasteiger partial charge in [-0.3, -0.25) is 14.2 Å². The summed E-state index contributed by atoms with van der Waals surface area (Å²) in [5.41, 5.74) is 0. The number of phosphoric ester groups is 1. The van der Waals surface area contributed by atoms with Crippen LogP contribution in [0.5, 0.6) is 0 Å². The van der Waals surface area contributed by atoms with Crippen LogP contribution in [0.2, 0.25) is 0 Å². The van der Waals surface area contributed by atoms with Crippen molar-refractivity contribution in [3.8, 4) is 0 Å². The van der Waals surface area contributed by atoms with Gasteiger partial charge in [-0.15, -0.1) is 0 Å². The van der Waals surface area contributed by atoms with Crippen LogP contribution in [0.4, 0.5) is 0 Å². The number of epoxide rings is 1.